The lowest BCUT2D eigenvalue weighted by molar-refractivity contribution is -0.137. The van der Waals surface area contributed by atoms with E-state index in [9.17, 15) is 27.9 Å². The number of aliphatic hydroxyl groups is 1. The summed E-state index contributed by atoms with van der Waals surface area (Å²) in [5, 5.41) is 12.2. The fourth-order valence-corrected chi connectivity index (χ4v) is 2.91. The van der Waals surface area contributed by atoms with E-state index < -0.39 is 41.5 Å². The number of anilines is 1. The third-order valence-corrected chi connectivity index (χ3v) is 4.26. The molecule has 6 nitrogen and oxygen atoms in total. The topological polar surface area (TPSA) is 74.0 Å². The first-order valence-electron chi connectivity index (χ1n) is 7.66. The first-order chi connectivity index (χ1) is 12.7. The van der Waals surface area contributed by atoms with Gasteiger partial charge in [-0.05, 0) is 17.7 Å². The molecular formula is C18H12F3N3O3. The Balaban J connectivity index is 2.10. The fraction of sp³-hybridized carbons (Fsp3) is 0.167. The Labute approximate surface area is 151 Å². The Kier molecular flexibility index (Phi) is 4.37. The number of rotatable bonds is 3. The highest BCUT2D eigenvalue weighted by molar-refractivity contribution is 6.23. The van der Waals surface area contributed by atoms with Gasteiger partial charge >= 0.3 is 12.2 Å². The lowest BCUT2D eigenvalue weighted by atomic mass is 9.90. The molecule has 1 atom stereocenters. The van der Waals surface area contributed by atoms with Gasteiger partial charge in [-0.25, -0.2) is 14.5 Å². The zero-order valence-electron chi connectivity index (χ0n) is 13.6. The quantitative estimate of drug-likeness (QED) is 0.639. The van der Waals surface area contributed by atoms with Gasteiger partial charge in [0.25, 0.3) is 5.91 Å². The molecular weight excluding hydrogens is 363 g/mol. The van der Waals surface area contributed by atoms with E-state index in [2.05, 4.69) is 10.2 Å². The number of nitrogens with zero attached hydrogens (tertiary/aromatic N) is 2. The number of hydrogen-bond acceptors (Lipinski definition) is 3. The van der Waals surface area contributed by atoms with Crippen LogP contribution in [-0.4, -0.2) is 23.7 Å². The molecule has 0 spiro atoms. The van der Waals surface area contributed by atoms with Crippen molar-refractivity contribution in [2.45, 2.75) is 11.7 Å². The number of carbonyl (C=O) groups is 2. The van der Waals surface area contributed by atoms with Gasteiger partial charge in [0.1, 0.15) is 0 Å². The van der Waals surface area contributed by atoms with Gasteiger partial charge in [-0.15, -0.1) is 0 Å². The van der Waals surface area contributed by atoms with Crippen molar-refractivity contribution < 1.29 is 27.9 Å². The molecule has 0 aliphatic carbocycles. The number of hydrogen-bond donors (Lipinski definition) is 2. The van der Waals surface area contributed by atoms with Crippen LogP contribution in [0.2, 0.25) is 0 Å². The molecule has 2 aromatic rings. The van der Waals surface area contributed by atoms with Gasteiger partial charge in [0.05, 0.1) is 24.4 Å². The smallest absolute Gasteiger partial charge is 0.393 e. The van der Waals surface area contributed by atoms with E-state index in [0.717, 1.165) is 12.1 Å². The van der Waals surface area contributed by atoms with Gasteiger partial charge in [0.2, 0.25) is 0 Å². The number of amides is 3. The largest absolute Gasteiger partial charge is 0.407 e. The molecule has 1 saturated heterocycles. The van der Waals surface area contributed by atoms with Crippen LogP contribution in [-0.2, 0) is 16.5 Å². The molecule has 0 unspecified atom stereocenters. The van der Waals surface area contributed by atoms with Gasteiger partial charge < -0.3 is 10.4 Å². The maximum atomic E-state index is 13.2. The van der Waals surface area contributed by atoms with E-state index in [-0.39, 0.29) is 5.69 Å². The minimum Gasteiger partial charge on any atom is -0.393 e. The van der Waals surface area contributed by atoms with Crippen LogP contribution in [0.15, 0.2) is 48.5 Å². The van der Waals surface area contributed by atoms with Crippen molar-refractivity contribution >= 4 is 23.3 Å². The minimum absolute atomic E-state index is 0.294. The molecule has 3 rings (SSSR count). The summed E-state index contributed by atoms with van der Waals surface area (Å²) in [4.78, 5) is 28.7. The second-order valence-electron chi connectivity index (χ2n) is 5.81. The molecule has 27 heavy (non-hydrogen) atoms. The highest BCUT2D eigenvalue weighted by atomic mass is 19.4. The van der Waals surface area contributed by atoms with Gasteiger partial charge in [0, 0.05) is 0 Å². The summed E-state index contributed by atoms with van der Waals surface area (Å²) in [5.41, 5.74) is -3.74. The monoisotopic (exact) mass is 375 g/mol. The van der Waals surface area contributed by atoms with Crippen molar-refractivity contribution in [3.8, 4) is 0 Å². The molecule has 1 heterocycles. The molecule has 1 aliphatic rings. The van der Waals surface area contributed by atoms with Crippen molar-refractivity contribution in [1.82, 2.24) is 5.32 Å². The van der Waals surface area contributed by atoms with Crippen LogP contribution >= 0.6 is 0 Å². The first-order valence-corrected chi connectivity index (χ1v) is 7.66. The van der Waals surface area contributed by atoms with Crippen LogP contribution in [0.5, 0.6) is 0 Å². The number of halogens is 3. The molecule has 2 N–H and O–H groups in total. The fourth-order valence-electron chi connectivity index (χ4n) is 2.91. The second kappa shape index (κ2) is 6.41. The van der Waals surface area contributed by atoms with E-state index in [1.54, 1.807) is 18.2 Å². The Hall–Kier alpha value is -3.38. The zero-order chi connectivity index (χ0) is 19.8. The first kappa shape index (κ1) is 18.4. The summed E-state index contributed by atoms with van der Waals surface area (Å²) in [6.45, 7) is 6.09. The summed E-state index contributed by atoms with van der Waals surface area (Å²) in [6, 6.07) is 9.48. The highest BCUT2D eigenvalue weighted by Gasteiger charge is 2.53. The van der Waals surface area contributed by atoms with Gasteiger partial charge in [-0.2, -0.15) is 13.2 Å². The third kappa shape index (κ3) is 2.90. The molecule has 138 valence electrons. The average molecular weight is 375 g/mol. The highest BCUT2D eigenvalue weighted by Crippen LogP contribution is 2.40. The molecule has 9 heteroatoms. The van der Waals surface area contributed by atoms with Crippen molar-refractivity contribution in [2.75, 3.05) is 11.5 Å². The number of carbonyl (C=O) groups excluding carboxylic acids is 2. The average Bonchev–Trinajstić information content (AvgIpc) is 2.92. The lowest BCUT2D eigenvalue weighted by Gasteiger charge is -2.25. The van der Waals surface area contributed by atoms with E-state index >= 15 is 0 Å². The number of aliphatic hydroxyl groups excluding tert-OH is 1. The van der Waals surface area contributed by atoms with E-state index in [0.29, 0.717) is 16.5 Å². The molecule has 0 bridgehead atoms. The predicted octanol–water partition coefficient (Wildman–Crippen LogP) is 3.20. The van der Waals surface area contributed by atoms with Crippen LogP contribution in [0.4, 0.5) is 29.3 Å². The third-order valence-electron chi connectivity index (χ3n) is 4.26. The van der Waals surface area contributed by atoms with Crippen molar-refractivity contribution in [3.05, 3.63) is 71.1 Å². The molecule has 1 aliphatic heterocycles. The van der Waals surface area contributed by atoms with Crippen molar-refractivity contribution in [3.63, 3.8) is 0 Å². The van der Waals surface area contributed by atoms with Gasteiger partial charge in [0.15, 0.2) is 11.2 Å². The lowest BCUT2D eigenvalue weighted by Crippen LogP contribution is -2.47. The minimum atomic E-state index is -4.83. The van der Waals surface area contributed by atoms with Gasteiger partial charge in [-0.1, -0.05) is 36.4 Å². The maximum Gasteiger partial charge on any atom is 0.407 e. The Morgan fingerprint density at radius 3 is 2.37 bits per heavy atom. The summed E-state index contributed by atoms with van der Waals surface area (Å²) >= 11 is 0. The van der Waals surface area contributed by atoms with Crippen LogP contribution in [0.25, 0.3) is 4.85 Å². The zero-order valence-corrected chi connectivity index (χ0v) is 13.6. The Morgan fingerprint density at radius 1 is 1.15 bits per heavy atom. The predicted molar refractivity (Wildman–Crippen MR) is 88.9 cm³/mol. The maximum absolute atomic E-state index is 13.2. The van der Waals surface area contributed by atoms with Crippen molar-refractivity contribution in [2.24, 2.45) is 0 Å². The van der Waals surface area contributed by atoms with E-state index in [4.69, 9.17) is 6.57 Å². The summed E-state index contributed by atoms with van der Waals surface area (Å²) in [6.07, 6.45) is -4.83. The number of benzene rings is 2. The molecule has 2 aromatic carbocycles. The van der Waals surface area contributed by atoms with Crippen molar-refractivity contribution in [1.29, 1.82) is 0 Å². The molecule has 0 radical (unpaired) electrons. The van der Waals surface area contributed by atoms with Crippen LogP contribution in [0.3, 0.4) is 0 Å². The molecule has 0 aromatic heterocycles. The summed E-state index contributed by atoms with van der Waals surface area (Å²) in [5.74, 6) is -0.912. The van der Waals surface area contributed by atoms with Gasteiger partial charge in [-0.3, -0.25) is 4.79 Å². The number of alkyl halides is 3. The number of nitrogens with one attached hydrogen (secondary N) is 1. The van der Waals surface area contributed by atoms with Crippen LogP contribution in [0.1, 0.15) is 11.1 Å². The summed E-state index contributed by atoms with van der Waals surface area (Å²) < 4.78 is 39.6. The SMILES string of the molecule is [C-]#[N+]c1ccc(N2C(=O)N[C@@](CO)(c3ccccc3)C2=O)cc1C(F)(F)F. The number of urea groups is 1. The molecule has 0 saturated carbocycles. The number of imide groups is 1. The molecule has 1 fully saturated rings. The van der Waals surface area contributed by atoms with E-state index in [1.807, 2.05) is 0 Å². The normalized spacial score (nSPS) is 19.7. The molecule has 3 amide bonds. The van der Waals surface area contributed by atoms with Crippen LogP contribution < -0.4 is 10.2 Å². The standard InChI is InChI=1S/C18H12F3N3O3/c1-22-14-8-7-12(9-13(14)18(19,20)21)24-15(26)17(10-25,23-16(24)27)11-5-3-2-4-6-11/h2-9,25H,10H2,(H,23,27)/t17-/m0/s1. The van der Waals surface area contributed by atoms with Crippen LogP contribution in [0, 0.1) is 6.57 Å². The Bertz CT molecular complexity index is 954. The Morgan fingerprint density at radius 2 is 1.81 bits per heavy atom. The second-order valence-corrected chi connectivity index (χ2v) is 5.81. The summed E-state index contributed by atoms with van der Waals surface area (Å²) in [7, 11) is 0. The van der Waals surface area contributed by atoms with E-state index in [1.165, 1.54) is 12.1 Å².